The van der Waals surface area contributed by atoms with Gasteiger partial charge in [0.2, 0.25) is 5.95 Å². The molecule has 114 valence electrons. The molecular weight excluding hydrogens is 280 g/mol. The summed E-state index contributed by atoms with van der Waals surface area (Å²) < 4.78 is 5.23. The number of hydrogen-bond acceptors (Lipinski definition) is 5. The summed E-state index contributed by atoms with van der Waals surface area (Å²) in [6.45, 7) is 3.48. The lowest BCUT2D eigenvalue weighted by Crippen LogP contribution is -2.40. The van der Waals surface area contributed by atoms with Gasteiger partial charge in [0.25, 0.3) is 5.91 Å². The van der Waals surface area contributed by atoms with Gasteiger partial charge in [-0.3, -0.25) is 4.79 Å². The van der Waals surface area contributed by atoms with Gasteiger partial charge in [0.05, 0.1) is 6.26 Å². The number of nitrogens with zero attached hydrogens (tertiary/aromatic N) is 4. The normalized spacial score (nSPS) is 24.4. The molecule has 0 aromatic carbocycles. The monoisotopic (exact) mass is 298 g/mol. The smallest absolute Gasteiger partial charge is 0.289 e. The average molecular weight is 298 g/mol. The van der Waals surface area contributed by atoms with Crippen LogP contribution < -0.4 is 4.90 Å². The number of carbonyl (C=O) groups excluding carboxylic acids is 1. The number of likely N-dealkylation sites (tertiary alicyclic amines) is 1. The number of aromatic nitrogens is 2. The van der Waals surface area contributed by atoms with Gasteiger partial charge in [-0.1, -0.05) is 0 Å². The number of furan rings is 1. The summed E-state index contributed by atoms with van der Waals surface area (Å²) in [5, 5.41) is 0. The van der Waals surface area contributed by atoms with Crippen molar-refractivity contribution in [3.05, 3.63) is 42.6 Å². The Bertz CT molecular complexity index is 643. The number of fused-ring (bicyclic) bond motifs is 1. The molecule has 0 bridgehead atoms. The summed E-state index contributed by atoms with van der Waals surface area (Å²) in [6.07, 6.45) is 6.17. The van der Waals surface area contributed by atoms with Gasteiger partial charge >= 0.3 is 0 Å². The predicted molar refractivity (Wildman–Crippen MR) is 80.5 cm³/mol. The fourth-order valence-electron chi connectivity index (χ4n) is 3.53. The topological polar surface area (TPSA) is 62.5 Å². The van der Waals surface area contributed by atoms with Crippen molar-refractivity contribution in [2.45, 2.75) is 6.42 Å². The van der Waals surface area contributed by atoms with Gasteiger partial charge in [0.1, 0.15) is 0 Å². The first-order chi connectivity index (χ1) is 10.8. The van der Waals surface area contributed by atoms with Crippen LogP contribution in [0.4, 0.5) is 5.95 Å². The van der Waals surface area contributed by atoms with E-state index in [1.165, 1.54) is 0 Å². The maximum absolute atomic E-state index is 12.4. The van der Waals surface area contributed by atoms with Gasteiger partial charge in [-0.2, -0.15) is 0 Å². The zero-order valence-corrected chi connectivity index (χ0v) is 12.3. The first-order valence-electron chi connectivity index (χ1n) is 7.66. The van der Waals surface area contributed by atoms with Crippen LogP contribution in [0.15, 0.2) is 41.3 Å². The summed E-state index contributed by atoms with van der Waals surface area (Å²) in [7, 11) is 0. The van der Waals surface area contributed by atoms with E-state index in [0.29, 0.717) is 17.6 Å². The molecule has 2 atom stereocenters. The van der Waals surface area contributed by atoms with Crippen molar-refractivity contribution in [1.82, 2.24) is 14.9 Å². The molecule has 2 aromatic rings. The first-order valence-corrected chi connectivity index (χ1v) is 7.66. The third-order valence-electron chi connectivity index (χ3n) is 4.66. The van der Waals surface area contributed by atoms with Crippen LogP contribution in [-0.4, -0.2) is 47.0 Å². The molecule has 0 radical (unpaired) electrons. The highest BCUT2D eigenvalue weighted by molar-refractivity contribution is 5.91. The van der Waals surface area contributed by atoms with Crippen molar-refractivity contribution in [2.75, 3.05) is 31.1 Å². The van der Waals surface area contributed by atoms with Crippen molar-refractivity contribution in [1.29, 1.82) is 0 Å². The Morgan fingerprint density at radius 2 is 1.95 bits per heavy atom. The van der Waals surface area contributed by atoms with E-state index >= 15 is 0 Å². The molecule has 6 nitrogen and oxygen atoms in total. The predicted octanol–water partition coefficient (Wildman–Crippen LogP) is 1.67. The van der Waals surface area contributed by atoms with Crippen molar-refractivity contribution in [3.63, 3.8) is 0 Å². The largest absolute Gasteiger partial charge is 0.459 e. The Hall–Kier alpha value is -2.37. The van der Waals surface area contributed by atoms with E-state index in [1.54, 1.807) is 30.8 Å². The molecule has 1 amide bonds. The molecule has 0 spiro atoms. The van der Waals surface area contributed by atoms with E-state index in [0.717, 1.165) is 38.5 Å². The van der Waals surface area contributed by atoms with E-state index in [4.69, 9.17) is 4.42 Å². The molecule has 2 fully saturated rings. The third-order valence-corrected chi connectivity index (χ3v) is 4.66. The molecule has 2 aromatic heterocycles. The second-order valence-electron chi connectivity index (χ2n) is 5.99. The van der Waals surface area contributed by atoms with E-state index in [-0.39, 0.29) is 5.91 Å². The molecule has 2 aliphatic rings. The van der Waals surface area contributed by atoms with Crippen LogP contribution in [0.1, 0.15) is 17.0 Å². The number of anilines is 1. The molecule has 2 saturated heterocycles. The zero-order chi connectivity index (χ0) is 14.9. The van der Waals surface area contributed by atoms with E-state index in [9.17, 15) is 4.79 Å². The van der Waals surface area contributed by atoms with E-state index < -0.39 is 0 Å². The van der Waals surface area contributed by atoms with Gasteiger partial charge in [0, 0.05) is 38.6 Å². The molecule has 6 heteroatoms. The van der Waals surface area contributed by atoms with Crippen molar-refractivity contribution in [2.24, 2.45) is 11.8 Å². The van der Waals surface area contributed by atoms with Crippen LogP contribution >= 0.6 is 0 Å². The minimum atomic E-state index is 0.00177. The number of rotatable bonds is 2. The second kappa shape index (κ2) is 5.44. The number of hydrogen-bond donors (Lipinski definition) is 0. The highest BCUT2D eigenvalue weighted by atomic mass is 16.3. The minimum absolute atomic E-state index is 0.00177. The van der Waals surface area contributed by atoms with E-state index in [2.05, 4.69) is 14.9 Å². The van der Waals surface area contributed by atoms with Crippen LogP contribution in [0.3, 0.4) is 0 Å². The van der Waals surface area contributed by atoms with Crippen LogP contribution in [0, 0.1) is 11.8 Å². The lowest BCUT2D eigenvalue weighted by molar-refractivity contribution is 0.0753. The molecule has 0 unspecified atom stereocenters. The summed E-state index contributed by atoms with van der Waals surface area (Å²) in [4.78, 5) is 25.2. The highest BCUT2D eigenvalue weighted by Crippen LogP contribution is 2.33. The van der Waals surface area contributed by atoms with Crippen LogP contribution in [0.2, 0.25) is 0 Å². The number of carbonyl (C=O) groups is 1. The maximum atomic E-state index is 12.4. The zero-order valence-electron chi connectivity index (χ0n) is 12.3. The third kappa shape index (κ3) is 2.34. The SMILES string of the molecule is O=C(c1ccco1)N1C[C@H]2CCN(c3ncccn3)C[C@H]2C1. The maximum Gasteiger partial charge on any atom is 0.289 e. The Labute approximate surface area is 128 Å². The fourth-order valence-corrected chi connectivity index (χ4v) is 3.53. The Morgan fingerprint density at radius 3 is 2.73 bits per heavy atom. The summed E-state index contributed by atoms with van der Waals surface area (Å²) in [5.74, 6) is 2.27. The van der Waals surface area contributed by atoms with E-state index in [1.807, 2.05) is 11.0 Å². The highest BCUT2D eigenvalue weighted by Gasteiger charge is 2.40. The van der Waals surface area contributed by atoms with Gasteiger partial charge < -0.3 is 14.2 Å². The van der Waals surface area contributed by atoms with Crippen LogP contribution in [-0.2, 0) is 0 Å². The van der Waals surface area contributed by atoms with Crippen LogP contribution in [0.5, 0.6) is 0 Å². The lowest BCUT2D eigenvalue weighted by atomic mass is 9.89. The molecule has 0 N–H and O–H groups in total. The lowest BCUT2D eigenvalue weighted by Gasteiger charge is -2.34. The molecular formula is C16H18N4O2. The Morgan fingerprint density at radius 1 is 1.14 bits per heavy atom. The average Bonchev–Trinajstić information content (AvgIpc) is 3.23. The summed E-state index contributed by atoms with van der Waals surface area (Å²) in [5.41, 5.74) is 0. The molecule has 22 heavy (non-hydrogen) atoms. The van der Waals surface area contributed by atoms with Gasteiger partial charge in [-0.15, -0.1) is 0 Å². The molecule has 0 aliphatic carbocycles. The molecule has 4 rings (SSSR count). The summed E-state index contributed by atoms with van der Waals surface area (Å²) in [6, 6.07) is 5.31. The molecule has 2 aliphatic heterocycles. The quantitative estimate of drug-likeness (QED) is 0.844. The molecule has 0 saturated carbocycles. The second-order valence-corrected chi connectivity index (χ2v) is 5.99. The number of piperidine rings is 1. The van der Waals surface area contributed by atoms with Crippen molar-refractivity contribution >= 4 is 11.9 Å². The van der Waals surface area contributed by atoms with Gasteiger partial charge in [-0.05, 0) is 36.5 Å². The standard InChI is InChI=1S/C16H18N4O2/c21-15(14-3-1-8-22-14)20-9-12-4-7-19(10-13(12)11-20)16-17-5-2-6-18-16/h1-3,5-6,8,12-13H,4,7,9-11H2/t12-,13+/m1/s1. The van der Waals surface area contributed by atoms with Crippen molar-refractivity contribution in [3.8, 4) is 0 Å². The van der Waals surface area contributed by atoms with Gasteiger partial charge in [0.15, 0.2) is 5.76 Å². The number of amides is 1. The minimum Gasteiger partial charge on any atom is -0.459 e. The Kier molecular flexibility index (Phi) is 3.29. The fraction of sp³-hybridized carbons (Fsp3) is 0.438. The van der Waals surface area contributed by atoms with Gasteiger partial charge in [-0.25, -0.2) is 9.97 Å². The first kappa shape index (κ1) is 13.3. The van der Waals surface area contributed by atoms with Crippen molar-refractivity contribution < 1.29 is 9.21 Å². The Balaban J connectivity index is 1.45. The molecule has 4 heterocycles. The van der Waals surface area contributed by atoms with Crippen LogP contribution in [0.25, 0.3) is 0 Å². The summed E-state index contributed by atoms with van der Waals surface area (Å²) >= 11 is 0.